The number of aromatic nitrogens is 1. The molecule has 5 rings (SSSR count). The summed E-state index contributed by atoms with van der Waals surface area (Å²) >= 11 is 0. The Morgan fingerprint density at radius 2 is 1.65 bits per heavy atom. The molecule has 1 fully saturated rings. The molecule has 52 heavy (non-hydrogen) atoms. The van der Waals surface area contributed by atoms with E-state index in [1.165, 1.54) is 11.8 Å². The fourth-order valence-corrected chi connectivity index (χ4v) is 8.22. The highest BCUT2D eigenvalue weighted by Gasteiger charge is 2.39. The maximum atomic E-state index is 14.4. The van der Waals surface area contributed by atoms with Crippen molar-refractivity contribution in [3.63, 3.8) is 0 Å². The number of carbonyl (C=O) groups excluding carboxylic acids is 1. The first kappa shape index (κ1) is 39.1. The van der Waals surface area contributed by atoms with Crippen LogP contribution >= 0.6 is 0 Å². The molecule has 0 saturated carbocycles. The Labute approximate surface area is 304 Å². The Morgan fingerprint density at radius 3 is 2.21 bits per heavy atom. The summed E-state index contributed by atoms with van der Waals surface area (Å²) in [6, 6.07) is 6.65. The lowest BCUT2D eigenvalue weighted by molar-refractivity contribution is -0.139. The van der Waals surface area contributed by atoms with Crippen LogP contribution < -0.4 is 15.6 Å². The quantitative estimate of drug-likeness (QED) is 0.196. The van der Waals surface area contributed by atoms with Gasteiger partial charge in [0.25, 0.3) is 5.56 Å². The van der Waals surface area contributed by atoms with Gasteiger partial charge in [0.15, 0.2) is 0 Å². The summed E-state index contributed by atoms with van der Waals surface area (Å²) in [6.07, 6.45) is -0.111. The number of carboxylic acids is 1. The van der Waals surface area contributed by atoms with Gasteiger partial charge in [0.2, 0.25) is 5.91 Å². The van der Waals surface area contributed by atoms with Gasteiger partial charge in [-0.1, -0.05) is 19.9 Å². The number of rotatable bonds is 12. The van der Waals surface area contributed by atoms with Crippen LogP contribution in [0, 0.1) is 19.8 Å². The topological polar surface area (TPSA) is 101 Å². The van der Waals surface area contributed by atoms with Crippen molar-refractivity contribution in [3.8, 4) is 16.9 Å². The van der Waals surface area contributed by atoms with Crippen molar-refractivity contribution in [1.82, 2.24) is 14.8 Å². The van der Waals surface area contributed by atoms with E-state index in [9.17, 15) is 32.7 Å². The van der Waals surface area contributed by atoms with Crippen LogP contribution in [0.2, 0.25) is 0 Å². The molecule has 0 bridgehead atoms. The number of nitrogens with one attached hydrogen (secondary N) is 1. The summed E-state index contributed by atoms with van der Waals surface area (Å²) in [5.41, 5.74) is 5.08. The molecule has 0 spiro atoms. The average Bonchev–Trinajstić information content (AvgIpc) is 3.55. The van der Waals surface area contributed by atoms with E-state index in [0.29, 0.717) is 37.6 Å². The third kappa shape index (κ3) is 8.56. The summed E-state index contributed by atoms with van der Waals surface area (Å²) in [7, 11) is 1.62. The minimum absolute atomic E-state index is 0.0210. The lowest BCUT2D eigenvalue weighted by Gasteiger charge is -2.36. The van der Waals surface area contributed by atoms with E-state index >= 15 is 0 Å². The van der Waals surface area contributed by atoms with Gasteiger partial charge < -0.3 is 24.6 Å². The molecule has 1 amide bonds. The van der Waals surface area contributed by atoms with Crippen LogP contribution in [-0.2, 0) is 28.6 Å². The van der Waals surface area contributed by atoms with Crippen LogP contribution in [0.5, 0.6) is 5.75 Å². The molecule has 1 aromatic heterocycles. The number of halogens is 3. The number of amides is 1. The van der Waals surface area contributed by atoms with Gasteiger partial charge in [0.1, 0.15) is 11.8 Å². The van der Waals surface area contributed by atoms with Gasteiger partial charge in [-0.25, -0.2) is 0 Å². The zero-order chi connectivity index (χ0) is 38.1. The molecule has 11 heteroatoms. The summed E-state index contributed by atoms with van der Waals surface area (Å²) < 4.78 is 49.9. The highest BCUT2D eigenvalue weighted by Crippen LogP contribution is 2.41. The van der Waals surface area contributed by atoms with E-state index in [2.05, 4.69) is 24.1 Å². The number of aryl methyl sites for hydroxylation is 3. The van der Waals surface area contributed by atoms with E-state index < -0.39 is 53.6 Å². The molecule has 8 nitrogen and oxygen atoms in total. The maximum Gasteiger partial charge on any atom is 0.416 e. The smallest absolute Gasteiger partial charge is 0.416 e. The number of hydrogen-bond donors (Lipinski definition) is 2. The number of alkyl halides is 3. The molecule has 3 aromatic rings. The first-order valence-corrected chi connectivity index (χ1v) is 18.4. The van der Waals surface area contributed by atoms with Gasteiger partial charge in [0.05, 0.1) is 25.1 Å². The van der Waals surface area contributed by atoms with E-state index in [1.54, 1.807) is 7.11 Å². The summed E-state index contributed by atoms with van der Waals surface area (Å²) in [5, 5.41) is 13.0. The van der Waals surface area contributed by atoms with Gasteiger partial charge in [-0.3, -0.25) is 14.4 Å². The van der Waals surface area contributed by atoms with Gasteiger partial charge in [-0.15, -0.1) is 0 Å². The van der Waals surface area contributed by atoms with Crippen molar-refractivity contribution in [2.24, 2.45) is 5.92 Å². The predicted molar refractivity (Wildman–Crippen MR) is 196 cm³/mol. The number of likely N-dealkylation sites (tertiary alicyclic amines) is 1. The second-order valence-corrected chi connectivity index (χ2v) is 15.3. The number of ether oxygens (including phenoxy) is 1. The number of aliphatic carboxylic acids is 1. The number of nitrogens with zero attached hydrogens (tertiary/aromatic N) is 2. The third-order valence-electron chi connectivity index (χ3n) is 10.8. The van der Waals surface area contributed by atoms with Gasteiger partial charge in [-0.2, -0.15) is 13.2 Å². The monoisotopic (exact) mass is 723 g/mol. The molecule has 1 aliphatic carbocycles. The second kappa shape index (κ2) is 15.9. The SMILES string of the molecule is COc1cc(C)c(-c2cc([C@H](CC(=O)O)NC(=O)[C@H](CC(C)C)n3cc(C4CCN(C(C)C)CC4)c(C(F)(F)F)cc3=O)cc3c2CCC3)c(C)c1. The van der Waals surface area contributed by atoms with Crippen molar-refractivity contribution < 1.29 is 32.6 Å². The molecule has 0 unspecified atom stereocenters. The fourth-order valence-electron chi connectivity index (χ4n) is 8.22. The van der Waals surface area contributed by atoms with Gasteiger partial charge in [-0.05, 0) is 154 Å². The number of carbonyl (C=O) groups is 2. The maximum absolute atomic E-state index is 14.4. The molecule has 1 aliphatic heterocycles. The molecule has 282 valence electrons. The fraction of sp³-hybridized carbons (Fsp3) is 0.537. The van der Waals surface area contributed by atoms with Crippen molar-refractivity contribution in [3.05, 3.63) is 85.8 Å². The summed E-state index contributed by atoms with van der Waals surface area (Å²) in [6.45, 7) is 13.1. The van der Waals surface area contributed by atoms with Crippen molar-refractivity contribution in [2.45, 2.75) is 117 Å². The highest BCUT2D eigenvalue weighted by atomic mass is 19.4. The second-order valence-electron chi connectivity index (χ2n) is 15.3. The number of carboxylic acid groups (broad SMARTS) is 1. The molecule has 0 radical (unpaired) electrons. The molecular formula is C41H52F3N3O5. The lowest BCUT2D eigenvalue weighted by Crippen LogP contribution is -2.41. The molecular weight excluding hydrogens is 671 g/mol. The Hall–Kier alpha value is -4.12. The minimum Gasteiger partial charge on any atom is -0.497 e. The van der Waals surface area contributed by atoms with E-state index in [1.807, 2.05) is 52.0 Å². The molecule has 2 heterocycles. The first-order chi connectivity index (χ1) is 24.5. The average molecular weight is 724 g/mol. The largest absolute Gasteiger partial charge is 0.497 e. The molecule has 2 aromatic carbocycles. The molecule has 2 aliphatic rings. The van der Waals surface area contributed by atoms with Gasteiger partial charge >= 0.3 is 12.1 Å². The van der Waals surface area contributed by atoms with E-state index in [0.717, 1.165) is 57.4 Å². The number of fused-ring (bicyclic) bond motifs is 1. The Kier molecular flexibility index (Phi) is 11.9. The number of pyridine rings is 1. The Morgan fingerprint density at radius 1 is 1.00 bits per heavy atom. The van der Waals surface area contributed by atoms with Crippen molar-refractivity contribution in [1.29, 1.82) is 0 Å². The van der Waals surface area contributed by atoms with E-state index in [-0.39, 0.29) is 23.9 Å². The third-order valence-corrected chi connectivity index (χ3v) is 10.8. The molecule has 1 saturated heterocycles. The Balaban J connectivity index is 1.56. The lowest BCUT2D eigenvalue weighted by atomic mass is 9.86. The number of methoxy groups -OCH3 is 1. The standard InChI is InChI=1S/C41H52F3N3O5/c1-23(2)15-36(47-22-33(34(20-37(47)48)41(42,43)44)27-11-13-46(14-12-27)24(3)4)40(51)45-35(21-38(49)50)29-18-28-9-8-10-31(28)32(19-29)39-25(5)16-30(52-7)17-26(39)6/h16-20,22-24,27,35-36H,8-15,21H2,1-7H3,(H,45,51)(H,49,50)/t35-,36-/m0/s1. The van der Waals surface area contributed by atoms with Crippen LogP contribution in [0.15, 0.2) is 41.3 Å². The predicted octanol–water partition coefficient (Wildman–Crippen LogP) is 8.16. The van der Waals surface area contributed by atoms with Crippen molar-refractivity contribution >= 4 is 11.9 Å². The van der Waals surface area contributed by atoms with Crippen LogP contribution in [-0.4, -0.2) is 52.7 Å². The molecule has 2 atom stereocenters. The number of hydrogen-bond acceptors (Lipinski definition) is 5. The zero-order valence-corrected chi connectivity index (χ0v) is 31.3. The van der Waals surface area contributed by atoms with E-state index in [4.69, 9.17) is 4.74 Å². The summed E-state index contributed by atoms with van der Waals surface area (Å²) in [4.78, 5) is 42.4. The van der Waals surface area contributed by atoms with Crippen LogP contribution in [0.3, 0.4) is 0 Å². The number of benzene rings is 2. The van der Waals surface area contributed by atoms with Crippen LogP contribution in [0.1, 0.15) is 117 Å². The van der Waals surface area contributed by atoms with Gasteiger partial charge in [0, 0.05) is 18.3 Å². The van der Waals surface area contributed by atoms with Crippen LogP contribution in [0.4, 0.5) is 13.2 Å². The minimum atomic E-state index is -4.74. The highest BCUT2D eigenvalue weighted by molar-refractivity contribution is 5.82. The zero-order valence-electron chi connectivity index (χ0n) is 31.3. The first-order valence-electron chi connectivity index (χ1n) is 18.4. The molecule has 2 N–H and O–H groups in total. The van der Waals surface area contributed by atoms with Crippen molar-refractivity contribution in [2.75, 3.05) is 20.2 Å². The summed E-state index contributed by atoms with van der Waals surface area (Å²) in [5.74, 6) is -1.53. The Bertz CT molecular complexity index is 1830. The van der Waals surface area contributed by atoms with Crippen LogP contribution in [0.25, 0.3) is 11.1 Å². The normalized spacial score (nSPS) is 16.6. The number of piperidine rings is 1.